The highest BCUT2D eigenvalue weighted by Crippen LogP contribution is 2.22. The number of hydrogen-bond acceptors (Lipinski definition) is 5. The van der Waals surface area contributed by atoms with Gasteiger partial charge in [0.05, 0.1) is 12.8 Å². The van der Waals surface area contributed by atoms with Crippen molar-refractivity contribution >= 4 is 10.2 Å². The lowest BCUT2D eigenvalue weighted by atomic mass is 10.0. The Morgan fingerprint density at radius 3 is 2.30 bits per heavy atom. The van der Waals surface area contributed by atoms with Gasteiger partial charge in [-0.3, -0.25) is 9.80 Å². The second-order valence-corrected chi connectivity index (χ2v) is 9.92. The summed E-state index contributed by atoms with van der Waals surface area (Å²) in [5.74, 6) is 1.03. The fraction of sp³-hybridized carbons (Fsp3) is 0.789. The molecule has 7 nitrogen and oxygen atoms in total. The molecular weight excluding hydrogens is 364 g/mol. The Kier molecular flexibility index (Phi) is 6.18. The molecule has 4 rings (SSSR count). The summed E-state index contributed by atoms with van der Waals surface area (Å²) in [6.07, 6.45) is 6.96. The van der Waals surface area contributed by atoms with Gasteiger partial charge in [-0.2, -0.15) is 17.0 Å². The van der Waals surface area contributed by atoms with Gasteiger partial charge >= 0.3 is 0 Å². The first-order chi connectivity index (χ1) is 13.1. The molecule has 0 unspecified atom stereocenters. The number of likely N-dealkylation sites (tertiary alicyclic amines) is 1. The van der Waals surface area contributed by atoms with E-state index in [1.165, 1.54) is 0 Å². The van der Waals surface area contributed by atoms with Crippen LogP contribution in [-0.4, -0.2) is 85.2 Å². The van der Waals surface area contributed by atoms with Crippen molar-refractivity contribution in [2.75, 3.05) is 52.4 Å². The molecule has 27 heavy (non-hydrogen) atoms. The van der Waals surface area contributed by atoms with E-state index >= 15 is 0 Å². The van der Waals surface area contributed by atoms with E-state index in [1.54, 1.807) is 14.9 Å². The maximum Gasteiger partial charge on any atom is 0.282 e. The minimum atomic E-state index is -3.26. The molecule has 0 spiro atoms. The van der Waals surface area contributed by atoms with Crippen molar-refractivity contribution in [3.63, 3.8) is 0 Å². The van der Waals surface area contributed by atoms with Crippen molar-refractivity contribution in [2.45, 2.75) is 44.7 Å². The summed E-state index contributed by atoms with van der Waals surface area (Å²) in [5, 5.41) is 0. The Labute approximate surface area is 163 Å². The summed E-state index contributed by atoms with van der Waals surface area (Å²) in [6, 6.07) is 4.56. The van der Waals surface area contributed by atoms with Crippen molar-refractivity contribution in [2.24, 2.45) is 0 Å². The molecule has 1 aromatic heterocycles. The third-order valence-electron chi connectivity index (χ3n) is 6.24. The molecule has 0 saturated carbocycles. The first kappa shape index (κ1) is 19.4. The molecule has 0 atom stereocenters. The van der Waals surface area contributed by atoms with E-state index in [-0.39, 0.29) is 0 Å². The molecule has 0 amide bonds. The summed E-state index contributed by atoms with van der Waals surface area (Å²) in [7, 11) is -3.26. The highest BCUT2D eigenvalue weighted by atomic mass is 32.2. The zero-order chi connectivity index (χ0) is 18.7. The molecule has 3 aliphatic heterocycles. The molecule has 0 aliphatic carbocycles. The van der Waals surface area contributed by atoms with Gasteiger partial charge in [-0.25, -0.2) is 0 Å². The summed E-state index contributed by atoms with van der Waals surface area (Å²) >= 11 is 0. The fourth-order valence-corrected chi connectivity index (χ4v) is 6.38. The topological polar surface area (TPSA) is 60.2 Å². The lowest BCUT2D eigenvalue weighted by Gasteiger charge is -2.37. The molecule has 0 bridgehead atoms. The first-order valence-electron chi connectivity index (χ1n) is 10.4. The van der Waals surface area contributed by atoms with Gasteiger partial charge in [-0.05, 0) is 50.8 Å². The average Bonchev–Trinajstić information content (AvgIpc) is 3.33. The van der Waals surface area contributed by atoms with E-state index in [0.29, 0.717) is 32.2 Å². The van der Waals surface area contributed by atoms with Gasteiger partial charge in [0.25, 0.3) is 10.2 Å². The number of nitrogens with zero attached hydrogens (tertiary/aromatic N) is 4. The van der Waals surface area contributed by atoms with Crippen LogP contribution >= 0.6 is 0 Å². The van der Waals surface area contributed by atoms with Crippen LogP contribution in [-0.2, 0) is 16.8 Å². The van der Waals surface area contributed by atoms with Crippen molar-refractivity contribution < 1.29 is 12.8 Å². The zero-order valence-corrected chi connectivity index (χ0v) is 16.9. The molecule has 8 heteroatoms. The Morgan fingerprint density at radius 2 is 1.59 bits per heavy atom. The molecule has 0 aromatic carbocycles. The zero-order valence-electron chi connectivity index (χ0n) is 16.1. The summed E-state index contributed by atoms with van der Waals surface area (Å²) in [4.78, 5) is 4.99. The largest absolute Gasteiger partial charge is 0.468 e. The highest BCUT2D eigenvalue weighted by Gasteiger charge is 2.34. The van der Waals surface area contributed by atoms with Crippen molar-refractivity contribution in [1.29, 1.82) is 0 Å². The smallest absolute Gasteiger partial charge is 0.282 e. The Balaban J connectivity index is 1.27. The van der Waals surface area contributed by atoms with E-state index in [9.17, 15) is 8.42 Å². The molecule has 3 aliphatic rings. The minimum absolute atomic E-state index is 0.576. The van der Waals surface area contributed by atoms with Crippen LogP contribution in [0.2, 0.25) is 0 Å². The first-order valence-corrected chi connectivity index (χ1v) is 11.8. The molecule has 1 aromatic rings. The molecule has 3 fully saturated rings. The lowest BCUT2D eigenvalue weighted by Crippen LogP contribution is -2.47. The Bertz CT molecular complexity index is 680. The van der Waals surface area contributed by atoms with Gasteiger partial charge in [-0.15, -0.1) is 0 Å². The van der Waals surface area contributed by atoms with Gasteiger partial charge < -0.3 is 4.42 Å². The molecule has 4 heterocycles. The molecule has 0 radical (unpaired) electrons. The van der Waals surface area contributed by atoms with E-state index < -0.39 is 10.2 Å². The van der Waals surface area contributed by atoms with E-state index in [2.05, 4.69) is 9.80 Å². The van der Waals surface area contributed by atoms with Crippen LogP contribution in [0, 0.1) is 0 Å². The van der Waals surface area contributed by atoms with E-state index in [1.807, 2.05) is 12.1 Å². The van der Waals surface area contributed by atoms with Gasteiger partial charge in [0.15, 0.2) is 0 Å². The van der Waals surface area contributed by atoms with Crippen LogP contribution in [0.3, 0.4) is 0 Å². The Morgan fingerprint density at radius 1 is 0.889 bits per heavy atom. The number of furan rings is 1. The number of rotatable bonds is 5. The Hall–Kier alpha value is -0.930. The monoisotopic (exact) mass is 396 g/mol. The molecular formula is C19H32N4O3S. The SMILES string of the molecule is O=S(=O)(N1CCCC1)N1CCCN(C2CCN(Cc3ccco3)CC2)CC1. The molecule has 0 N–H and O–H groups in total. The quantitative estimate of drug-likeness (QED) is 0.757. The van der Waals surface area contributed by atoms with Crippen LogP contribution in [0.15, 0.2) is 22.8 Å². The predicted octanol–water partition coefficient (Wildman–Crippen LogP) is 1.59. The summed E-state index contributed by atoms with van der Waals surface area (Å²) in [6.45, 7) is 7.59. The normalized spacial score (nSPS) is 25.8. The summed E-state index contributed by atoms with van der Waals surface area (Å²) < 4.78 is 34.5. The van der Waals surface area contributed by atoms with Crippen LogP contribution in [0.25, 0.3) is 0 Å². The van der Waals surface area contributed by atoms with Gasteiger partial charge in [0, 0.05) is 51.9 Å². The van der Waals surface area contributed by atoms with E-state index in [4.69, 9.17) is 4.42 Å². The summed E-state index contributed by atoms with van der Waals surface area (Å²) in [5.41, 5.74) is 0. The molecule has 3 saturated heterocycles. The third-order valence-corrected chi connectivity index (χ3v) is 8.28. The van der Waals surface area contributed by atoms with Gasteiger partial charge in [-0.1, -0.05) is 0 Å². The maximum atomic E-state index is 12.8. The third kappa shape index (κ3) is 4.56. The number of hydrogen-bond donors (Lipinski definition) is 0. The van der Waals surface area contributed by atoms with Crippen LogP contribution in [0.1, 0.15) is 37.9 Å². The second-order valence-electron chi connectivity index (χ2n) is 7.99. The van der Waals surface area contributed by atoms with Crippen molar-refractivity contribution in [3.8, 4) is 0 Å². The standard InChI is InChI=1S/C19H32N4O3S/c24-27(25,22-9-1-2-10-22)23-11-4-8-21(14-15-23)18-6-12-20(13-7-18)17-19-5-3-16-26-19/h3,5,16,18H,1-2,4,6-15,17H2. The van der Waals surface area contributed by atoms with Crippen LogP contribution < -0.4 is 0 Å². The lowest BCUT2D eigenvalue weighted by molar-refractivity contribution is 0.104. The predicted molar refractivity (Wildman–Crippen MR) is 104 cm³/mol. The van der Waals surface area contributed by atoms with E-state index in [0.717, 1.165) is 70.6 Å². The maximum absolute atomic E-state index is 12.8. The van der Waals surface area contributed by atoms with Crippen LogP contribution in [0.4, 0.5) is 0 Å². The number of piperidine rings is 1. The minimum Gasteiger partial charge on any atom is -0.468 e. The highest BCUT2D eigenvalue weighted by molar-refractivity contribution is 7.86. The van der Waals surface area contributed by atoms with Gasteiger partial charge in [0.1, 0.15) is 5.76 Å². The molecule has 152 valence electrons. The second kappa shape index (κ2) is 8.61. The van der Waals surface area contributed by atoms with Gasteiger partial charge in [0.2, 0.25) is 0 Å². The fourth-order valence-electron chi connectivity index (χ4n) is 4.66. The van der Waals surface area contributed by atoms with Crippen LogP contribution in [0.5, 0.6) is 0 Å². The average molecular weight is 397 g/mol. The van der Waals surface area contributed by atoms with Crippen molar-refractivity contribution in [3.05, 3.63) is 24.2 Å². The van der Waals surface area contributed by atoms with Crippen molar-refractivity contribution in [1.82, 2.24) is 18.4 Å².